The van der Waals surface area contributed by atoms with Gasteiger partial charge in [0.2, 0.25) is 0 Å². The molecule has 0 amide bonds. The number of hydrogen-bond donors (Lipinski definition) is 6. The van der Waals surface area contributed by atoms with Crippen LogP contribution in [0.4, 0.5) is 0 Å². The van der Waals surface area contributed by atoms with Gasteiger partial charge in [-0.15, -0.1) is 0 Å². The Kier molecular flexibility index (Phi) is 6.07. The minimum absolute atomic E-state index is 0.00268. The van der Waals surface area contributed by atoms with Gasteiger partial charge in [-0.3, -0.25) is 0 Å². The summed E-state index contributed by atoms with van der Waals surface area (Å²) in [5, 5.41) is 64.5. The lowest BCUT2D eigenvalue weighted by Crippen LogP contribution is -2.16. The van der Waals surface area contributed by atoms with Crippen LogP contribution in [0.3, 0.4) is 0 Å². The van der Waals surface area contributed by atoms with Crippen LogP contribution in [0.25, 0.3) is 0 Å². The number of phenols is 6. The Labute approximate surface area is 291 Å². The van der Waals surface area contributed by atoms with Crippen molar-refractivity contribution in [3.05, 3.63) is 159 Å². The molecule has 3 heterocycles. The molecule has 0 aromatic heterocycles. The van der Waals surface area contributed by atoms with Crippen molar-refractivity contribution in [2.75, 3.05) is 0 Å². The second-order valence-electron chi connectivity index (χ2n) is 13.7. The third kappa shape index (κ3) is 4.34. The number of aromatic hydroxyl groups is 6. The van der Waals surface area contributed by atoms with E-state index in [-0.39, 0.29) is 34.5 Å². The number of hydrogen-bond acceptors (Lipinski definition) is 9. The van der Waals surface area contributed by atoms with Gasteiger partial charge in [-0.2, -0.15) is 0 Å². The highest BCUT2D eigenvalue weighted by Gasteiger charge is 2.52. The minimum atomic E-state index is -0.635. The van der Waals surface area contributed by atoms with Crippen LogP contribution in [0.5, 0.6) is 51.7 Å². The first kappa shape index (κ1) is 29.4. The second kappa shape index (κ2) is 10.5. The molecular weight excluding hydrogens is 648 g/mol. The summed E-state index contributed by atoms with van der Waals surface area (Å²) in [4.78, 5) is 0. The van der Waals surface area contributed by atoms with Crippen molar-refractivity contribution in [2.24, 2.45) is 0 Å². The molecule has 0 saturated heterocycles. The maximum Gasteiger partial charge on any atom is 0.135 e. The second-order valence-corrected chi connectivity index (χ2v) is 13.7. The molecule has 1 aliphatic carbocycles. The molecule has 6 aromatic rings. The maximum atomic E-state index is 11.3. The first-order valence-corrected chi connectivity index (χ1v) is 16.7. The minimum Gasteiger partial charge on any atom is -0.508 e. The SMILES string of the molecule is Oc1ccc([C@H]2Oc3cc(O)cc4c3[C@@H]2c2cc(O)cc3c2C(c2cc(O)cc5c2C4[C@H](c2ccc(O)cc2)O5)[C@H](c2ccc(O)cc2)O3)cc1. The fourth-order valence-electron chi connectivity index (χ4n) is 8.76. The molecule has 3 aliphatic heterocycles. The zero-order valence-electron chi connectivity index (χ0n) is 26.8. The molecule has 252 valence electrons. The summed E-state index contributed by atoms with van der Waals surface area (Å²) in [6, 6.07) is 30.5. The van der Waals surface area contributed by atoms with Gasteiger partial charge in [0.15, 0.2) is 0 Å². The number of rotatable bonds is 3. The number of fused-ring (bicyclic) bond motifs is 3. The van der Waals surface area contributed by atoms with Crippen LogP contribution < -0.4 is 14.2 Å². The lowest BCUT2D eigenvalue weighted by molar-refractivity contribution is 0.219. The van der Waals surface area contributed by atoms with Gasteiger partial charge >= 0.3 is 0 Å². The van der Waals surface area contributed by atoms with Crippen LogP contribution >= 0.6 is 0 Å². The molecule has 4 aliphatic rings. The van der Waals surface area contributed by atoms with Crippen molar-refractivity contribution in [1.29, 1.82) is 0 Å². The van der Waals surface area contributed by atoms with E-state index >= 15 is 0 Å². The third-order valence-electron chi connectivity index (χ3n) is 10.7. The van der Waals surface area contributed by atoms with Crippen molar-refractivity contribution < 1.29 is 44.8 Å². The van der Waals surface area contributed by atoms with E-state index in [1.807, 2.05) is 0 Å². The van der Waals surface area contributed by atoms with Crippen molar-refractivity contribution in [3.63, 3.8) is 0 Å². The molecule has 9 nitrogen and oxygen atoms in total. The van der Waals surface area contributed by atoms with E-state index in [1.165, 1.54) is 0 Å². The van der Waals surface area contributed by atoms with Crippen molar-refractivity contribution in [2.45, 2.75) is 36.1 Å². The van der Waals surface area contributed by atoms with Gasteiger partial charge in [0.05, 0.1) is 17.8 Å². The Morgan fingerprint density at radius 3 is 0.824 bits per heavy atom. The molecule has 51 heavy (non-hydrogen) atoms. The van der Waals surface area contributed by atoms with Crippen LogP contribution in [0.1, 0.15) is 86.1 Å². The fourth-order valence-corrected chi connectivity index (χ4v) is 8.76. The van der Waals surface area contributed by atoms with Gasteiger partial charge in [-0.25, -0.2) is 0 Å². The van der Waals surface area contributed by atoms with Gasteiger partial charge in [-0.05, 0) is 88.0 Å². The van der Waals surface area contributed by atoms with Crippen LogP contribution in [0.15, 0.2) is 109 Å². The van der Waals surface area contributed by atoms with Gasteiger partial charge in [0, 0.05) is 34.9 Å². The van der Waals surface area contributed by atoms with E-state index in [4.69, 9.17) is 14.2 Å². The average molecular weight is 679 g/mol. The number of ether oxygens (including phenoxy) is 3. The Morgan fingerprint density at radius 2 is 0.569 bits per heavy atom. The summed E-state index contributed by atoms with van der Waals surface area (Å²) in [7, 11) is 0. The maximum absolute atomic E-state index is 11.3. The van der Waals surface area contributed by atoms with Gasteiger partial charge in [-0.1, -0.05) is 36.4 Å². The van der Waals surface area contributed by atoms with Gasteiger partial charge in [0.1, 0.15) is 70.1 Å². The van der Waals surface area contributed by atoms with E-state index in [0.29, 0.717) is 17.2 Å². The van der Waals surface area contributed by atoms with Gasteiger partial charge < -0.3 is 44.8 Å². The van der Waals surface area contributed by atoms with E-state index in [0.717, 1.165) is 50.1 Å². The van der Waals surface area contributed by atoms with Crippen LogP contribution in [-0.2, 0) is 0 Å². The number of benzene rings is 6. The Bertz CT molecular complexity index is 2120. The molecule has 0 bridgehead atoms. The lowest BCUT2D eigenvalue weighted by atomic mass is 9.76. The van der Waals surface area contributed by atoms with E-state index in [9.17, 15) is 30.6 Å². The molecule has 10 rings (SSSR count). The molecule has 0 spiro atoms. The van der Waals surface area contributed by atoms with E-state index in [2.05, 4.69) is 0 Å². The molecular formula is C42H30O9. The van der Waals surface area contributed by atoms with Crippen molar-refractivity contribution in [1.82, 2.24) is 0 Å². The summed E-state index contributed by atoms with van der Waals surface area (Å²) in [6.07, 6.45) is -1.91. The zero-order chi connectivity index (χ0) is 34.7. The number of phenolic OH excluding ortho intramolecular Hbond substituents is 6. The molecule has 9 heteroatoms. The van der Waals surface area contributed by atoms with Crippen molar-refractivity contribution in [3.8, 4) is 51.7 Å². The fraction of sp³-hybridized carbons (Fsp3) is 0.143. The average Bonchev–Trinajstić information content (AvgIpc) is 3.80. The van der Waals surface area contributed by atoms with E-state index in [1.54, 1.807) is 109 Å². The monoisotopic (exact) mass is 678 g/mol. The molecule has 0 fully saturated rings. The summed E-state index contributed by atoms with van der Waals surface area (Å²) >= 11 is 0. The molecule has 2 unspecified atom stereocenters. The molecule has 0 saturated carbocycles. The molecule has 6 aromatic carbocycles. The smallest absolute Gasteiger partial charge is 0.135 e. The Balaban J connectivity index is 1.33. The first-order chi connectivity index (χ1) is 24.7. The normalized spacial score (nSPS) is 23.1. The highest BCUT2D eigenvalue weighted by molar-refractivity contribution is 5.70. The predicted octanol–water partition coefficient (Wildman–Crippen LogP) is 8.03. The molecule has 6 N–H and O–H groups in total. The highest BCUT2D eigenvalue weighted by atomic mass is 16.5. The van der Waals surface area contributed by atoms with E-state index < -0.39 is 36.1 Å². The quantitative estimate of drug-likeness (QED) is 0.109. The third-order valence-corrected chi connectivity index (χ3v) is 10.7. The van der Waals surface area contributed by atoms with Crippen LogP contribution in [0, 0.1) is 0 Å². The Hall–Kier alpha value is -6.48. The van der Waals surface area contributed by atoms with Gasteiger partial charge in [0.25, 0.3) is 0 Å². The molecule has 0 radical (unpaired) electrons. The van der Waals surface area contributed by atoms with Crippen LogP contribution in [-0.4, -0.2) is 30.6 Å². The van der Waals surface area contributed by atoms with Crippen LogP contribution in [0.2, 0.25) is 0 Å². The summed E-state index contributed by atoms with van der Waals surface area (Å²) in [6.45, 7) is 0. The summed E-state index contributed by atoms with van der Waals surface area (Å²) < 4.78 is 20.3. The largest absolute Gasteiger partial charge is 0.508 e. The lowest BCUT2D eigenvalue weighted by Gasteiger charge is -2.26. The highest BCUT2D eigenvalue weighted by Crippen LogP contribution is 2.65. The topological polar surface area (TPSA) is 149 Å². The first-order valence-electron chi connectivity index (χ1n) is 16.7. The zero-order valence-corrected chi connectivity index (χ0v) is 26.8. The predicted molar refractivity (Wildman–Crippen MR) is 184 cm³/mol. The summed E-state index contributed by atoms with van der Waals surface area (Å²) in [5.74, 6) is 0.123. The summed E-state index contributed by atoms with van der Waals surface area (Å²) in [5.41, 5.74) is 6.97. The standard InChI is InChI=1S/C42H30O9/c43-22-7-1-19(2-8-22)40-37-28-13-25(46)17-32-35(28)39(42(50-32)21-5-11-24(45)12-6-21)30-15-27(48)18-33-36(30)38(29-14-26(47)16-31(49-40)34(29)37)41(51-33)20-3-9-23(44)10-4-20/h1-18,37-48H/t37-,38?,39?,40+,41-,42-/m0/s1. The Morgan fingerprint density at radius 1 is 0.314 bits per heavy atom. The van der Waals surface area contributed by atoms with Crippen molar-refractivity contribution >= 4 is 0 Å². The molecule has 6 atom stereocenters.